The van der Waals surface area contributed by atoms with E-state index in [1.54, 1.807) is 0 Å². The number of halogens is 1. The summed E-state index contributed by atoms with van der Waals surface area (Å²) in [5.41, 5.74) is -0.843. The highest BCUT2D eigenvalue weighted by molar-refractivity contribution is 5.84. The van der Waals surface area contributed by atoms with Gasteiger partial charge in [-0.15, -0.1) is 5.10 Å². The third-order valence-corrected chi connectivity index (χ3v) is 2.11. The van der Waals surface area contributed by atoms with E-state index in [-0.39, 0.29) is 11.4 Å². The number of hydrogen-bond donors (Lipinski definition) is 1. The minimum Gasteiger partial charge on any atom is -0.476 e. The van der Waals surface area contributed by atoms with Crippen molar-refractivity contribution in [3.63, 3.8) is 0 Å². The van der Waals surface area contributed by atoms with Crippen LogP contribution in [0.2, 0.25) is 0 Å². The molecule has 18 heavy (non-hydrogen) atoms. The van der Waals surface area contributed by atoms with Crippen molar-refractivity contribution in [2.45, 2.75) is 0 Å². The lowest BCUT2D eigenvalue weighted by Crippen LogP contribution is -1.98. The second kappa shape index (κ2) is 4.20. The van der Waals surface area contributed by atoms with Crippen LogP contribution < -0.4 is 0 Å². The van der Waals surface area contributed by atoms with Crippen molar-refractivity contribution in [3.05, 3.63) is 46.0 Å². The Morgan fingerprint density at radius 2 is 2.22 bits per heavy atom. The van der Waals surface area contributed by atoms with E-state index in [0.717, 1.165) is 23.0 Å². The number of benzene rings is 1. The predicted octanol–water partition coefficient (Wildman–Crippen LogP) is 1.01. The van der Waals surface area contributed by atoms with Crippen molar-refractivity contribution in [2.75, 3.05) is 0 Å². The Hall–Kier alpha value is -2.84. The highest BCUT2D eigenvalue weighted by Crippen LogP contribution is 2.19. The van der Waals surface area contributed by atoms with E-state index < -0.39 is 22.4 Å². The Bertz CT molecular complexity index is 639. The summed E-state index contributed by atoms with van der Waals surface area (Å²) >= 11 is 0. The number of carboxylic acids is 1. The van der Waals surface area contributed by atoms with Crippen molar-refractivity contribution in [3.8, 4) is 5.69 Å². The molecule has 0 aliphatic rings. The molecule has 0 aliphatic heterocycles. The van der Waals surface area contributed by atoms with Gasteiger partial charge in [0.25, 0.3) is 0 Å². The molecule has 0 spiro atoms. The van der Waals surface area contributed by atoms with Gasteiger partial charge in [0.15, 0.2) is 5.69 Å². The number of nitrogens with zero attached hydrogens (tertiary/aromatic N) is 4. The predicted molar refractivity (Wildman–Crippen MR) is 54.9 cm³/mol. The topological polar surface area (TPSA) is 111 Å². The van der Waals surface area contributed by atoms with Crippen LogP contribution in [0.25, 0.3) is 5.69 Å². The lowest BCUT2D eigenvalue weighted by molar-refractivity contribution is -0.387. The molecule has 9 heteroatoms. The molecule has 0 saturated carbocycles. The zero-order chi connectivity index (χ0) is 13.3. The normalized spacial score (nSPS) is 10.3. The monoisotopic (exact) mass is 252 g/mol. The van der Waals surface area contributed by atoms with Gasteiger partial charge < -0.3 is 5.11 Å². The second-order valence-corrected chi connectivity index (χ2v) is 3.25. The van der Waals surface area contributed by atoms with Crippen molar-refractivity contribution < 1.29 is 19.2 Å². The molecule has 0 atom stereocenters. The first kappa shape index (κ1) is 11.6. The van der Waals surface area contributed by atoms with Crippen LogP contribution in [-0.2, 0) is 0 Å². The Morgan fingerprint density at radius 1 is 1.50 bits per heavy atom. The molecule has 0 radical (unpaired) electrons. The van der Waals surface area contributed by atoms with Crippen LogP contribution >= 0.6 is 0 Å². The molecule has 1 aromatic heterocycles. The molecule has 2 aromatic rings. The van der Waals surface area contributed by atoms with E-state index >= 15 is 0 Å². The first-order valence-electron chi connectivity index (χ1n) is 4.59. The van der Waals surface area contributed by atoms with Crippen LogP contribution in [0, 0.1) is 15.9 Å². The zero-order valence-electron chi connectivity index (χ0n) is 8.65. The molecule has 1 N–H and O–H groups in total. The summed E-state index contributed by atoms with van der Waals surface area (Å²) < 4.78 is 14.3. The first-order chi connectivity index (χ1) is 8.49. The molecule has 92 valence electrons. The molecule has 0 amide bonds. The largest absolute Gasteiger partial charge is 0.476 e. The maximum atomic E-state index is 13.3. The van der Waals surface area contributed by atoms with E-state index in [1.165, 1.54) is 6.07 Å². The Morgan fingerprint density at radius 3 is 2.72 bits per heavy atom. The average molecular weight is 252 g/mol. The summed E-state index contributed by atoms with van der Waals surface area (Å²) in [6.07, 6.45) is 1.07. The minimum atomic E-state index is -1.27. The average Bonchev–Trinajstić information content (AvgIpc) is 2.77. The van der Waals surface area contributed by atoms with Gasteiger partial charge in [0.2, 0.25) is 5.82 Å². The van der Waals surface area contributed by atoms with Gasteiger partial charge in [-0.05, 0) is 6.07 Å². The van der Waals surface area contributed by atoms with Gasteiger partial charge in [-0.3, -0.25) is 10.1 Å². The van der Waals surface area contributed by atoms with Gasteiger partial charge in [-0.25, -0.2) is 9.48 Å². The summed E-state index contributed by atoms with van der Waals surface area (Å²) in [5.74, 6) is -2.31. The first-order valence-corrected chi connectivity index (χ1v) is 4.59. The zero-order valence-corrected chi connectivity index (χ0v) is 8.65. The van der Waals surface area contributed by atoms with Crippen molar-refractivity contribution in [2.24, 2.45) is 0 Å². The van der Waals surface area contributed by atoms with Gasteiger partial charge in [0.1, 0.15) is 0 Å². The summed E-state index contributed by atoms with van der Waals surface area (Å²) in [7, 11) is 0. The van der Waals surface area contributed by atoms with E-state index in [0.29, 0.717) is 0 Å². The number of rotatable bonds is 3. The molecule has 0 fully saturated rings. The maximum absolute atomic E-state index is 13.3. The number of aromatic carboxylic acids is 1. The standard InChI is InChI=1S/C9H5FN4O4/c10-6-3-5(1-2-8(6)14(17)18)13-4-7(9(15)16)11-12-13/h1-4H,(H,15,16). The number of carboxylic acid groups (broad SMARTS) is 1. The molecular weight excluding hydrogens is 247 g/mol. The molecular formula is C9H5FN4O4. The van der Waals surface area contributed by atoms with E-state index in [1.807, 2.05) is 0 Å². The lowest BCUT2D eigenvalue weighted by atomic mass is 10.2. The fraction of sp³-hybridized carbons (Fsp3) is 0. The van der Waals surface area contributed by atoms with Gasteiger partial charge >= 0.3 is 11.7 Å². The second-order valence-electron chi connectivity index (χ2n) is 3.25. The van der Waals surface area contributed by atoms with Crippen LogP contribution in [0.3, 0.4) is 0 Å². The van der Waals surface area contributed by atoms with E-state index in [9.17, 15) is 19.3 Å². The number of hydrogen-bond acceptors (Lipinski definition) is 5. The fourth-order valence-corrected chi connectivity index (χ4v) is 1.27. The SMILES string of the molecule is O=C(O)c1cn(-c2ccc([N+](=O)[O-])c(F)c2)nn1. The number of nitro groups is 1. The summed E-state index contributed by atoms with van der Waals surface area (Å²) in [6, 6.07) is 3.08. The third-order valence-electron chi connectivity index (χ3n) is 2.11. The Labute approximate surface area is 98.4 Å². The number of aromatic nitrogens is 3. The number of nitro benzene ring substituents is 1. The van der Waals surface area contributed by atoms with Gasteiger partial charge in [0, 0.05) is 12.1 Å². The molecule has 8 nitrogen and oxygen atoms in total. The third kappa shape index (κ3) is 2.00. The molecule has 0 saturated heterocycles. The molecule has 2 rings (SSSR count). The summed E-state index contributed by atoms with van der Waals surface area (Å²) in [4.78, 5) is 20.1. The van der Waals surface area contributed by atoms with E-state index in [2.05, 4.69) is 10.3 Å². The molecule has 0 bridgehead atoms. The molecule has 1 aromatic carbocycles. The van der Waals surface area contributed by atoms with E-state index in [4.69, 9.17) is 5.11 Å². The maximum Gasteiger partial charge on any atom is 0.358 e. The Balaban J connectivity index is 2.42. The van der Waals surface area contributed by atoms with Crippen LogP contribution in [0.1, 0.15) is 10.5 Å². The Kier molecular flexibility index (Phi) is 2.72. The quantitative estimate of drug-likeness (QED) is 0.644. The van der Waals surface area contributed by atoms with Gasteiger partial charge in [-0.1, -0.05) is 5.21 Å². The summed E-state index contributed by atoms with van der Waals surface area (Å²) in [6.45, 7) is 0. The molecule has 0 aliphatic carbocycles. The van der Waals surface area contributed by atoms with Crippen molar-refractivity contribution in [1.82, 2.24) is 15.0 Å². The molecule has 1 heterocycles. The fourth-order valence-electron chi connectivity index (χ4n) is 1.27. The number of carbonyl (C=O) groups is 1. The van der Waals surface area contributed by atoms with Gasteiger partial charge in [0.05, 0.1) is 16.8 Å². The van der Waals surface area contributed by atoms with Crippen LogP contribution in [0.15, 0.2) is 24.4 Å². The lowest BCUT2D eigenvalue weighted by Gasteiger charge is -2.00. The van der Waals surface area contributed by atoms with Crippen LogP contribution in [-0.4, -0.2) is 31.0 Å². The van der Waals surface area contributed by atoms with Gasteiger partial charge in [-0.2, -0.15) is 4.39 Å². The molecule has 0 unspecified atom stereocenters. The highest BCUT2D eigenvalue weighted by atomic mass is 19.1. The smallest absolute Gasteiger partial charge is 0.358 e. The van der Waals surface area contributed by atoms with Crippen molar-refractivity contribution in [1.29, 1.82) is 0 Å². The summed E-state index contributed by atoms with van der Waals surface area (Å²) in [5, 5.41) is 25.9. The highest BCUT2D eigenvalue weighted by Gasteiger charge is 2.16. The van der Waals surface area contributed by atoms with Crippen LogP contribution in [0.5, 0.6) is 0 Å². The van der Waals surface area contributed by atoms with Crippen LogP contribution in [0.4, 0.5) is 10.1 Å². The minimum absolute atomic E-state index is 0.137. The van der Waals surface area contributed by atoms with Crippen molar-refractivity contribution >= 4 is 11.7 Å².